The molecule has 1 aromatic carbocycles. The maximum absolute atomic E-state index is 13.3. The van der Waals surface area contributed by atoms with Crippen LogP contribution in [0.25, 0.3) is 0 Å². The quantitative estimate of drug-likeness (QED) is 0.502. The van der Waals surface area contributed by atoms with E-state index in [1.165, 1.54) is 0 Å². The van der Waals surface area contributed by atoms with Crippen LogP contribution in [-0.4, -0.2) is 17.3 Å². The summed E-state index contributed by atoms with van der Waals surface area (Å²) >= 11 is 3.35. The topological polar surface area (TPSA) is 29.1 Å². The third-order valence-corrected chi connectivity index (χ3v) is 2.80. The number of nitrogens with one attached hydrogen (secondary N) is 1. The predicted molar refractivity (Wildman–Crippen MR) is 66.3 cm³/mol. The van der Waals surface area contributed by atoms with Crippen LogP contribution in [0.15, 0.2) is 12.1 Å². The first-order valence-corrected chi connectivity index (χ1v) is 6.40. The van der Waals surface area contributed by atoms with Crippen molar-refractivity contribution in [1.82, 2.24) is 5.32 Å². The van der Waals surface area contributed by atoms with E-state index in [1.807, 2.05) is 6.92 Å². The Morgan fingerprint density at radius 3 is 2.61 bits per heavy atom. The molecule has 0 saturated heterocycles. The number of carbonyl (C=O) groups excluding carboxylic acids is 1. The van der Waals surface area contributed by atoms with Crippen LogP contribution in [0.3, 0.4) is 0 Å². The second-order valence-electron chi connectivity index (χ2n) is 3.90. The Balaban J connectivity index is 2.60. The number of hydrogen-bond acceptors (Lipinski definition) is 1. The van der Waals surface area contributed by atoms with Gasteiger partial charge in [-0.15, -0.1) is 0 Å². The van der Waals surface area contributed by atoms with Crippen LogP contribution >= 0.6 is 15.9 Å². The number of hydrogen-bond donors (Lipinski definition) is 1. The van der Waals surface area contributed by atoms with Crippen molar-refractivity contribution in [3.8, 4) is 0 Å². The minimum atomic E-state index is -1.63. The van der Waals surface area contributed by atoms with E-state index >= 15 is 0 Å². The Morgan fingerprint density at radius 2 is 2.00 bits per heavy atom. The van der Waals surface area contributed by atoms with Gasteiger partial charge in [-0.2, -0.15) is 0 Å². The number of halogens is 4. The molecule has 0 aromatic heterocycles. The Morgan fingerprint density at radius 1 is 1.33 bits per heavy atom. The largest absolute Gasteiger partial charge is 0.352 e. The number of amides is 1. The molecule has 1 aromatic rings. The molecule has 0 fully saturated rings. The highest BCUT2D eigenvalue weighted by Gasteiger charge is 2.18. The average molecular weight is 324 g/mol. The number of alkyl halides is 1. The Hall–Kier alpha value is -1.04. The zero-order chi connectivity index (χ0) is 13.7. The van der Waals surface area contributed by atoms with Gasteiger partial charge in [0.15, 0.2) is 17.5 Å². The van der Waals surface area contributed by atoms with Crippen LogP contribution in [0.5, 0.6) is 0 Å². The fourth-order valence-corrected chi connectivity index (χ4v) is 1.71. The summed E-state index contributed by atoms with van der Waals surface area (Å²) in [5.74, 6) is -5.14. The number of rotatable bonds is 5. The molecule has 1 unspecified atom stereocenters. The molecule has 1 amide bonds. The molecule has 0 radical (unpaired) electrons. The molecule has 100 valence electrons. The third-order valence-electron chi connectivity index (χ3n) is 2.34. The maximum atomic E-state index is 13.3. The van der Waals surface area contributed by atoms with Gasteiger partial charge in [0.1, 0.15) is 0 Å². The van der Waals surface area contributed by atoms with Crippen molar-refractivity contribution in [3.63, 3.8) is 0 Å². The lowest BCUT2D eigenvalue weighted by Gasteiger charge is -2.07. The van der Waals surface area contributed by atoms with Crippen LogP contribution < -0.4 is 5.32 Å². The molecule has 0 heterocycles. The van der Waals surface area contributed by atoms with Crippen LogP contribution in [0.2, 0.25) is 0 Å². The zero-order valence-electron chi connectivity index (χ0n) is 9.77. The van der Waals surface area contributed by atoms with E-state index in [2.05, 4.69) is 21.2 Å². The maximum Gasteiger partial charge on any atom is 0.254 e. The summed E-state index contributed by atoms with van der Waals surface area (Å²) in [5, 5.41) is 2.45. The molecule has 0 aliphatic carbocycles. The van der Waals surface area contributed by atoms with E-state index in [9.17, 15) is 18.0 Å². The summed E-state index contributed by atoms with van der Waals surface area (Å²) in [6, 6.07) is 1.66. The molecule has 0 aliphatic rings. The van der Waals surface area contributed by atoms with Gasteiger partial charge in [0.2, 0.25) is 0 Å². The molecule has 0 spiro atoms. The van der Waals surface area contributed by atoms with Gasteiger partial charge in [-0.1, -0.05) is 22.9 Å². The lowest BCUT2D eigenvalue weighted by molar-refractivity contribution is 0.0947. The van der Waals surface area contributed by atoms with Crippen molar-refractivity contribution in [2.45, 2.75) is 24.6 Å². The summed E-state index contributed by atoms with van der Waals surface area (Å²) < 4.78 is 38.8. The van der Waals surface area contributed by atoms with Gasteiger partial charge in [0, 0.05) is 11.4 Å². The lowest BCUT2D eigenvalue weighted by Crippen LogP contribution is -2.26. The molecule has 6 heteroatoms. The minimum absolute atomic E-state index is 0.328. The molecular formula is C12H13BrF3NO. The van der Waals surface area contributed by atoms with Crippen molar-refractivity contribution in [1.29, 1.82) is 0 Å². The fourth-order valence-electron chi connectivity index (χ4n) is 1.38. The summed E-state index contributed by atoms with van der Waals surface area (Å²) in [7, 11) is 0. The van der Waals surface area contributed by atoms with Gasteiger partial charge >= 0.3 is 0 Å². The first kappa shape index (κ1) is 15.0. The predicted octanol–water partition coefficient (Wildman–Crippen LogP) is 3.40. The first-order chi connectivity index (χ1) is 8.43. The van der Waals surface area contributed by atoms with E-state index < -0.39 is 28.9 Å². The SMILES string of the molecule is CC(Br)CCCNC(=O)c1ccc(F)c(F)c1F. The van der Waals surface area contributed by atoms with E-state index in [1.54, 1.807) is 0 Å². The molecule has 18 heavy (non-hydrogen) atoms. The van der Waals surface area contributed by atoms with Crippen molar-refractivity contribution in [2.75, 3.05) is 6.54 Å². The monoisotopic (exact) mass is 323 g/mol. The highest BCUT2D eigenvalue weighted by molar-refractivity contribution is 9.09. The van der Waals surface area contributed by atoms with Crippen molar-refractivity contribution >= 4 is 21.8 Å². The van der Waals surface area contributed by atoms with Crippen LogP contribution in [0.4, 0.5) is 13.2 Å². The van der Waals surface area contributed by atoms with E-state index in [-0.39, 0.29) is 0 Å². The third kappa shape index (κ3) is 4.01. The molecule has 0 bridgehead atoms. The molecule has 0 aliphatic heterocycles. The van der Waals surface area contributed by atoms with Crippen molar-refractivity contribution in [3.05, 3.63) is 35.1 Å². The summed E-state index contributed by atoms with van der Waals surface area (Å²) in [6.45, 7) is 2.32. The van der Waals surface area contributed by atoms with Crippen LogP contribution in [-0.2, 0) is 0 Å². The smallest absolute Gasteiger partial charge is 0.254 e. The summed E-state index contributed by atoms with van der Waals surface area (Å²) in [5.41, 5.74) is -0.485. The highest BCUT2D eigenvalue weighted by Crippen LogP contribution is 2.15. The van der Waals surface area contributed by atoms with Gasteiger partial charge in [-0.3, -0.25) is 4.79 Å². The van der Waals surface area contributed by atoms with Crippen molar-refractivity contribution in [2.24, 2.45) is 0 Å². The lowest BCUT2D eigenvalue weighted by atomic mass is 10.1. The molecule has 1 atom stereocenters. The van der Waals surface area contributed by atoms with Gasteiger partial charge in [-0.25, -0.2) is 13.2 Å². The standard InChI is InChI=1S/C12H13BrF3NO/c1-7(13)3-2-6-17-12(18)8-4-5-9(14)11(16)10(8)15/h4-5,7H,2-3,6H2,1H3,(H,17,18). The van der Waals surface area contributed by atoms with Gasteiger partial charge in [0.25, 0.3) is 5.91 Å². The fraction of sp³-hybridized carbons (Fsp3) is 0.417. The molecule has 0 saturated carbocycles. The zero-order valence-corrected chi connectivity index (χ0v) is 11.4. The summed E-state index contributed by atoms with van der Waals surface area (Å²) in [6.07, 6.45) is 1.56. The van der Waals surface area contributed by atoms with Crippen LogP contribution in [0.1, 0.15) is 30.1 Å². The van der Waals surface area contributed by atoms with Crippen molar-refractivity contribution < 1.29 is 18.0 Å². The van der Waals surface area contributed by atoms with E-state index in [0.29, 0.717) is 17.8 Å². The molecule has 2 nitrogen and oxygen atoms in total. The van der Waals surface area contributed by atoms with Gasteiger partial charge < -0.3 is 5.32 Å². The summed E-state index contributed by atoms with van der Waals surface area (Å²) in [4.78, 5) is 11.8. The minimum Gasteiger partial charge on any atom is -0.352 e. The highest BCUT2D eigenvalue weighted by atomic mass is 79.9. The second kappa shape index (κ2) is 6.78. The first-order valence-electron chi connectivity index (χ1n) is 5.49. The average Bonchev–Trinajstić information content (AvgIpc) is 2.31. The normalized spacial score (nSPS) is 12.3. The Bertz CT molecular complexity index is 438. The van der Waals surface area contributed by atoms with Gasteiger partial charge in [-0.05, 0) is 25.0 Å². The molecule has 1 rings (SSSR count). The molecular weight excluding hydrogens is 311 g/mol. The van der Waals surface area contributed by atoms with Crippen LogP contribution in [0, 0.1) is 17.5 Å². The molecule has 1 N–H and O–H groups in total. The second-order valence-corrected chi connectivity index (χ2v) is 5.46. The number of carbonyl (C=O) groups is 1. The Kier molecular flexibility index (Phi) is 5.65. The van der Waals surface area contributed by atoms with E-state index in [4.69, 9.17) is 0 Å². The van der Waals surface area contributed by atoms with E-state index in [0.717, 1.165) is 18.6 Å². The Labute approximate surface area is 112 Å². The van der Waals surface area contributed by atoms with Gasteiger partial charge in [0.05, 0.1) is 5.56 Å². The number of benzene rings is 1.